The largest absolute Gasteiger partial charge is 0.382 e. The van der Waals surface area contributed by atoms with E-state index in [1.807, 2.05) is 19.9 Å². The summed E-state index contributed by atoms with van der Waals surface area (Å²) in [5.41, 5.74) is 7.15. The van der Waals surface area contributed by atoms with Gasteiger partial charge in [-0.1, -0.05) is 13.8 Å². The van der Waals surface area contributed by atoms with E-state index >= 15 is 0 Å². The molecular weight excluding hydrogens is 247 g/mol. The number of ether oxygens (including phenoxy) is 1. The van der Waals surface area contributed by atoms with Gasteiger partial charge in [0.05, 0.1) is 11.8 Å². The molecule has 4 atom stereocenters. The van der Waals surface area contributed by atoms with Crippen molar-refractivity contribution in [2.24, 2.45) is 5.92 Å². The summed E-state index contributed by atoms with van der Waals surface area (Å²) in [6, 6.07) is 3.60. The zero-order valence-corrected chi connectivity index (χ0v) is 11.0. The number of halogens is 1. The molecular formula is C13H17FN4O. The van der Waals surface area contributed by atoms with Gasteiger partial charge >= 0.3 is 0 Å². The second kappa shape index (κ2) is 4.45. The fourth-order valence-corrected chi connectivity index (χ4v) is 2.76. The first-order valence-corrected chi connectivity index (χ1v) is 6.51. The number of nitrogen functional groups attached to an aromatic ring is 1. The Morgan fingerprint density at radius 2 is 2.26 bits per heavy atom. The van der Waals surface area contributed by atoms with Crippen LogP contribution in [0.4, 0.5) is 10.2 Å². The minimum absolute atomic E-state index is 0.0512. The van der Waals surface area contributed by atoms with Gasteiger partial charge in [0.1, 0.15) is 24.1 Å². The minimum Gasteiger partial charge on any atom is -0.382 e. The molecule has 5 nitrogen and oxygen atoms in total. The van der Waals surface area contributed by atoms with Gasteiger partial charge < -0.3 is 10.5 Å². The molecule has 6 heteroatoms. The first-order valence-electron chi connectivity index (χ1n) is 6.51. The second-order valence-corrected chi connectivity index (χ2v) is 5.01. The van der Waals surface area contributed by atoms with Crippen LogP contribution in [0.1, 0.15) is 32.1 Å². The number of aromatic nitrogens is 3. The van der Waals surface area contributed by atoms with Gasteiger partial charge in [0.15, 0.2) is 5.82 Å². The first-order chi connectivity index (χ1) is 9.13. The van der Waals surface area contributed by atoms with Crippen LogP contribution in [0, 0.1) is 5.92 Å². The van der Waals surface area contributed by atoms with Gasteiger partial charge in [-0.05, 0) is 18.6 Å². The fourth-order valence-electron chi connectivity index (χ4n) is 2.76. The number of fused-ring (bicyclic) bond motifs is 1. The van der Waals surface area contributed by atoms with Crippen LogP contribution < -0.4 is 5.73 Å². The van der Waals surface area contributed by atoms with Gasteiger partial charge in [0.25, 0.3) is 0 Å². The third-order valence-electron chi connectivity index (χ3n) is 3.90. The maximum Gasteiger partial charge on any atom is 0.151 e. The quantitative estimate of drug-likeness (QED) is 0.902. The molecule has 0 aliphatic carbocycles. The second-order valence-electron chi connectivity index (χ2n) is 5.01. The molecule has 0 radical (unpaired) electrons. The highest BCUT2D eigenvalue weighted by molar-refractivity contribution is 5.65. The van der Waals surface area contributed by atoms with Gasteiger partial charge in [-0.3, -0.25) is 0 Å². The maximum absolute atomic E-state index is 14.4. The number of nitrogens with zero attached hydrogens (tertiary/aromatic N) is 3. The summed E-state index contributed by atoms with van der Waals surface area (Å²) in [6.45, 7) is 3.89. The standard InChI is InChI=1S/C13H17FN4O/c1-3-10-7(2)11(14)12(19-10)8-4-5-9-13(15)16-6-17-18(8)9/h4-7,10-12H,3H2,1-2H3,(H2,15,16,17)/t7-,10-,11-,12+/m1/s1. The monoisotopic (exact) mass is 264 g/mol. The summed E-state index contributed by atoms with van der Waals surface area (Å²) in [7, 11) is 0. The maximum atomic E-state index is 14.4. The molecule has 102 valence electrons. The minimum atomic E-state index is -1.03. The van der Waals surface area contributed by atoms with E-state index in [0.717, 1.165) is 6.42 Å². The lowest BCUT2D eigenvalue weighted by atomic mass is 9.97. The Morgan fingerprint density at radius 3 is 2.95 bits per heavy atom. The van der Waals surface area contributed by atoms with Crippen LogP contribution >= 0.6 is 0 Å². The van der Waals surface area contributed by atoms with E-state index in [1.165, 1.54) is 6.33 Å². The van der Waals surface area contributed by atoms with E-state index < -0.39 is 12.3 Å². The van der Waals surface area contributed by atoms with E-state index in [4.69, 9.17) is 10.5 Å². The van der Waals surface area contributed by atoms with Crippen LogP contribution in [-0.4, -0.2) is 26.9 Å². The molecule has 2 aromatic rings. The SMILES string of the molecule is CC[C@H]1O[C@@H](c2ccc3c(N)ncnn23)[C@H](F)[C@@H]1C. The highest BCUT2D eigenvalue weighted by atomic mass is 19.1. The Hall–Kier alpha value is -1.69. The molecule has 0 amide bonds. The molecule has 0 spiro atoms. The summed E-state index contributed by atoms with van der Waals surface area (Å²) in [5.74, 6) is 0.273. The summed E-state index contributed by atoms with van der Waals surface area (Å²) >= 11 is 0. The van der Waals surface area contributed by atoms with E-state index in [9.17, 15) is 4.39 Å². The molecule has 0 saturated carbocycles. The van der Waals surface area contributed by atoms with Crippen molar-refractivity contribution in [2.45, 2.75) is 38.6 Å². The molecule has 1 aliphatic heterocycles. The summed E-state index contributed by atoms with van der Waals surface area (Å²) in [5, 5.41) is 4.14. The van der Waals surface area contributed by atoms with Gasteiger partial charge in [-0.25, -0.2) is 13.9 Å². The van der Waals surface area contributed by atoms with Crippen molar-refractivity contribution in [3.63, 3.8) is 0 Å². The molecule has 1 fully saturated rings. The third-order valence-corrected chi connectivity index (χ3v) is 3.90. The van der Waals surface area contributed by atoms with Crippen molar-refractivity contribution in [1.29, 1.82) is 0 Å². The van der Waals surface area contributed by atoms with E-state index in [-0.39, 0.29) is 12.0 Å². The number of rotatable bonds is 2. The molecule has 2 aromatic heterocycles. The normalized spacial score (nSPS) is 31.1. The average Bonchev–Trinajstić information content (AvgIpc) is 2.94. The highest BCUT2D eigenvalue weighted by Crippen LogP contribution is 2.40. The molecule has 19 heavy (non-hydrogen) atoms. The number of alkyl halides is 1. The predicted octanol–water partition coefficient (Wildman–Crippen LogP) is 2.14. The summed E-state index contributed by atoms with van der Waals surface area (Å²) in [4.78, 5) is 3.92. The van der Waals surface area contributed by atoms with Crippen molar-refractivity contribution < 1.29 is 9.13 Å². The van der Waals surface area contributed by atoms with E-state index in [0.29, 0.717) is 17.0 Å². The predicted molar refractivity (Wildman–Crippen MR) is 69.4 cm³/mol. The van der Waals surface area contributed by atoms with Crippen LogP contribution in [0.2, 0.25) is 0 Å². The Morgan fingerprint density at radius 1 is 1.47 bits per heavy atom. The number of hydrogen-bond donors (Lipinski definition) is 1. The van der Waals surface area contributed by atoms with Crippen molar-refractivity contribution >= 4 is 11.3 Å². The molecule has 0 aromatic carbocycles. The lowest BCUT2D eigenvalue weighted by molar-refractivity contribution is 0.0197. The van der Waals surface area contributed by atoms with Gasteiger partial charge in [-0.2, -0.15) is 5.10 Å². The van der Waals surface area contributed by atoms with Crippen LogP contribution in [0.15, 0.2) is 18.5 Å². The lowest BCUT2D eigenvalue weighted by Crippen LogP contribution is -2.18. The Labute approximate surface area is 110 Å². The average molecular weight is 264 g/mol. The Kier molecular flexibility index (Phi) is 2.89. The molecule has 1 saturated heterocycles. The smallest absolute Gasteiger partial charge is 0.151 e. The topological polar surface area (TPSA) is 65.4 Å². The van der Waals surface area contributed by atoms with Gasteiger partial charge in [0.2, 0.25) is 0 Å². The zero-order valence-electron chi connectivity index (χ0n) is 11.0. The van der Waals surface area contributed by atoms with Gasteiger partial charge in [-0.15, -0.1) is 0 Å². The summed E-state index contributed by atoms with van der Waals surface area (Å²) < 4.78 is 21.8. The van der Waals surface area contributed by atoms with E-state index in [2.05, 4.69) is 10.1 Å². The molecule has 2 N–H and O–H groups in total. The molecule has 3 heterocycles. The first kappa shape index (κ1) is 12.3. The molecule has 0 bridgehead atoms. The Balaban J connectivity index is 2.04. The van der Waals surface area contributed by atoms with Crippen molar-refractivity contribution in [1.82, 2.24) is 14.6 Å². The van der Waals surface area contributed by atoms with Crippen LogP contribution in [0.25, 0.3) is 5.52 Å². The van der Waals surface area contributed by atoms with Crippen molar-refractivity contribution in [2.75, 3.05) is 5.73 Å². The number of hydrogen-bond acceptors (Lipinski definition) is 4. The lowest BCUT2D eigenvalue weighted by Gasteiger charge is -2.13. The van der Waals surface area contributed by atoms with Crippen LogP contribution in [-0.2, 0) is 4.74 Å². The number of anilines is 1. The Bertz CT molecular complexity index is 599. The molecule has 3 rings (SSSR count). The highest BCUT2D eigenvalue weighted by Gasteiger charge is 2.43. The molecule has 0 unspecified atom stereocenters. The summed E-state index contributed by atoms with van der Waals surface area (Å²) in [6.07, 6.45) is 0.508. The van der Waals surface area contributed by atoms with Crippen LogP contribution in [0.3, 0.4) is 0 Å². The number of nitrogens with two attached hydrogens (primary N) is 1. The third kappa shape index (κ3) is 1.78. The molecule has 1 aliphatic rings. The van der Waals surface area contributed by atoms with Crippen LogP contribution in [0.5, 0.6) is 0 Å². The van der Waals surface area contributed by atoms with Gasteiger partial charge in [0, 0.05) is 5.92 Å². The zero-order chi connectivity index (χ0) is 13.6. The fraction of sp³-hybridized carbons (Fsp3) is 0.538. The van der Waals surface area contributed by atoms with Crippen molar-refractivity contribution in [3.8, 4) is 0 Å². The van der Waals surface area contributed by atoms with E-state index in [1.54, 1.807) is 10.6 Å². The van der Waals surface area contributed by atoms with Crippen molar-refractivity contribution in [3.05, 3.63) is 24.2 Å².